The van der Waals surface area contributed by atoms with Crippen LogP contribution in [0.4, 0.5) is 0 Å². The molecule has 0 amide bonds. The maximum atomic E-state index is 5.48. The second kappa shape index (κ2) is 11.4. The molecule has 1 fully saturated rings. The molecule has 2 N–H and O–H groups in total. The molecule has 0 bridgehead atoms. The zero-order valence-corrected chi connectivity index (χ0v) is 10.1. The first-order valence-corrected chi connectivity index (χ1v) is 6.09. The molecule has 0 unspecified atom stereocenters. The van der Waals surface area contributed by atoms with E-state index < -0.39 is 0 Å². The van der Waals surface area contributed by atoms with Gasteiger partial charge in [0, 0.05) is 17.5 Å². The van der Waals surface area contributed by atoms with Crippen molar-refractivity contribution in [3.8, 4) is 0 Å². The van der Waals surface area contributed by atoms with Gasteiger partial charge in [-0.3, -0.25) is 0 Å². The van der Waals surface area contributed by atoms with Crippen LogP contribution in [0.25, 0.3) is 0 Å². The lowest BCUT2D eigenvalue weighted by Gasteiger charge is -2.17. The highest BCUT2D eigenvalue weighted by atomic mass is 32.2. The van der Waals surface area contributed by atoms with Crippen molar-refractivity contribution in [2.75, 3.05) is 12.3 Å². The molecule has 83 valence electrons. The highest BCUT2D eigenvalue weighted by molar-refractivity contribution is 8.02. The Labute approximate surface area is 95.2 Å². The summed E-state index contributed by atoms with van der Waals surface area (Å²) in [5.74, 6) is 1.12. The van der Waals surface area contributed by atoms with Gasteiger partial charge in [-0.1, -0.05) is 47.0 Å². The van der Waals surface area contributed by atoms with Gasteiger partial charge in [0.15, 0.2) is 0 Å². The molecule has 0 spiro atoms. The van der Waals surface area contributed by atoms with Crippen molar-refractivity contribution >= 4 is 11.8 Å². The van der Waals surface area contributed by atoms with Gasteiger partial charge in [0.05, 0.1) is 0 Å². The van der Waals surface area contributed by atoms with E-state index in [1.807, 2.05) is 11.8 Å². The average Bonchev–Trinajstić information content (AvgIpc) is 2.02. The number of thioether (sulfide) groups is 1. The van der Waals surface area contributed by atoms with E-state index in [9.17, 15) is 0 Å². The molecule has 14 heavy (non-hydrogen) atoms. The lowest BCUT2D eigenvalue weighted by atomic mass is 10.0. The lowest BCUT2D eigenvalue weighted by Crippen LogP contribution is -2.05. The molecular formula is C12H24NS. The zero-order valence-electron chi connectivity index (χ0n) is 9.26. The van der Waals surface area contributed by atoms with E-state index in [-0.39, 0.29) is 14.9 Å². The Balaban J connectivity index is 0. The van der Waals surface area contributed by atoms with Crippen LogP contribution in [-0.4, -0.2) is 12.3 Å². The van der Waals surface area contributed by atoms with Gasteiger partial charge in [0.1, 0.15) is 0 Å². The van der Waals surface area contributed by atoms with Gasteiger partial charge in [-0.15, -0.1) is 0 Å². The Kier molecular flexibility index (Phi) is 13.6. The van der Waals surface area contributed by atoms with E-state index >= 15 is 0 Å². The van der Waals surface area contributed by atoms with E-state index in [4.69, 9.17) is 5.73 Å². The minimum absolute atomic E-state index is 0. The van der Waals surface area contributed by atoms with Crippen LogP contribution in [0.3, 0.4) is 0 Å². The highest BCUT2D eigenvalue weighted by Gasteiger charge is 2.11. The van der Waals surface area contributed by atoms with Crippen molar-refractivity contribution in [1.82, 2.24) is 0 Å². The van der Waals surface area contributed by atoms with Crippen molar-refractivity contribution in [3.05, 3.63) is 20.1 Å². The Morgan fingerprint density at radius 3 is 1.93 bits per heavy atom. The number of rotatable bonds is 3. The summed E-state index contributed by atoms with van der Waals surface area (Å²) in [7, 11) is 0. The molecule has 2 heteroatoms. The zero-order chi connectivity index (χ0) is 8.65. The van der Waals surface area contributed by atoms with Gasteiger partial charge in [0.2, 0.25) is 0 Å². The summed E-state index contributed by atoms with van der Waals surface area (Å²) in [5, 5.41) is 1.71. The standard InChI is InChI=1S/C10H20NS.2CH2/c11-8-9-12-10-6-4-2-1-3-5-7-10;;/h1-9,11H2;2*1H2. The van der Waals surface area contributed by atoms with E-state index in [1.54, 1.807) is 5.25 Å². The van der Waals surface area contributed by atoms with Crippen LogP contribution in [0.15, 0.2) is 0 Å². The predicted octanol–water partition coefficient (Wildman–Crippen LogP) is 3.61. The molecule has 1 aliphatic rings. The summed E-state index contributed by atoms with van der Waals surface area (Å²) < 4.78 is 0. The van der Waals surface area contributed by atoms with Crippen molar-refractivity contribution in [1.29, 1.82) is 0 Å². The van der Waals surface area contributed by atoms with Gasteiger partial charge in [-0.05, 0) is 12.8 Å². The van der Waals surface area contributed by atoms with Crippen LogP contribution in [-0.2, 0) is 0 Å². The first kappa shape index (κ1) is 16.7. The van der Waals surface area contributed by atoms with E-state index in [1.165, 1.54) is 44.9 Å². The molecule has 0 aliphatic heterocycles. The van der Waals surface area contributed by atoms with Gasteiger partial charge in [-0.25, -0.2) is 0 Å². The van der Waals surface area contributed by atoms with Crippen molar-refractivity contribution in [3.63, 3.8) is 0 Å². The van der Waals surface area contributed by atoms with Crippen LogP contribution in [0.2, 0.25) is 0 Å². The molecule has 1 saturated carbocycles. The second-order valence-corrected chi connectivity index (χ2v) is 4.72. The number of nitrogens with two attached hydrogens (primary N) is 1. The minimum atomic E-state index is 0. The third-order valence-corrected chi connectivity index (χ3v) is 3.59. The summed E-state index contributed by atoms with van der Waals surface area (Å²) in [4.78, 5) is 0. The Bertz CT molecular complexity index is 95.7. The highest BCUT2D eigenvalue weighted by Crippen LogP contribution is 2.32. The fourth-order valence-electron chi connectivity index (χ4n) is 1.65. The molecule has 0 saturated heterocycles. The van der Waals surface area contributed by atoms with Gasteiger partial charge in [0.25, 0.3) is 0 Å². The second-order valence-electron chi connectivity index (χ2n) is 3.44. The van der Waals surface area contributed by atoms with Crippen LogP contribution < -0.4 is 5.73 Å². The Morgan fingerprint density at radius 1 is 0.929 bits per heavy atom. The smallest absolute Gasteiger partial charge is 0.0307 e. The summed E-state index contributed by atoms with van der Waals surface area (Å²) >= 11 is 2.01. The Hall–Kier alpha value is 0.310. The van der Waals surface area contributed by atoms with Crippen molar-refractivity contribution in [2.24, 2.45) is 5.73 Å². The van der Waals surface area contributed by atoms with Crippen LogP contribution in [0.5, 0.6) is 0 Å². The summed E-state index contributed by atoms with van der Waals surface area (Å²) in [6, 6.07) is 0. The first-order valence-electron chi connectivity index (χ1n) is 5.11. The molecule has 0 aromatic heterocycles. The molecule has 1 aliphatic carbocycles. The Morgan fingerprint density at radius 2 is 1.43 bits per heavy atom. The number of hydrogen-bond donors (Lipinski definition) is 1. The van der Waals surface area contributed by atoms with E-state index in [0.717, 1.165) is 12.3 Å². The van der Waals surface area contributed by atoms with Crippen LogP contribution in [0, 0.1) is 20.1 Å². The van der Waals surface area contributed by atoms with E-state index in [2.05, 4.69) is 0 Å². The summed E-state index contributed by atoms with van der Waals surface area (Å²) in [6.45, 7) is 0.828. The van der Waals surface area contributed by atoms with Gasteiger partial charge < -0.3 is 5.73 Å². The molecule has 1 nitrogen and oxygen atoms in total. The summed E-state index contributed by atoms with van der Waals surface area (Å²) in [6.07, 6.45) is 9.85. The molecule has 1 rings (SSSR count). The SMILES string of the molecule is NCCS[C]1CCCCCCC1.[CH2].[CH2]. The molecule has 0 heterocycles. The lowest BCUT2D eigenvalue weighted by molar-refractivity contribution is 0.556. The summed E-state index contributed by atoms with van der Waals surface area (Å²) in [5.41, 5.74) is 5.48. The normalized spacial score (nSPS) is 18.6. The van der Waals surface area contributed by atoms with Crippen molar-refractivity contribution in [2.45, 2.75) is 44.9 Å². The first-order chi connectivity index (χ1) is 5.93. The minimum Gasteiger partial charge on any atom is -0.330 e. The third-order valence-electron chi connectivity index (χ3n) is 2.34. The van der Waals surface area contributed by atoms with Gasteiger partial charge >= 0.3 is 0 Å². The maximum absolute atomic E-state index is 5.48. The molecule has 0 atom stereocenters. The fourth-order valence-corrected chi connectivity index (χ4v) is 2.63. The topological polar surface area (TPSA) is 26.0 Å². The predicted molar refractivity (Wildman–Crippen MR) is 67.8 cm³/mol. The maximum Gasteiger partial charge on any atom is 0.0307 e. The molecule has 5 radical (unpaired) electrons. The molecule has 0 aromatic carbocycles. The van der Waals surface area contributed by atoms with Gasteiger partial charge in [-0.2, -0.15) is 11.8 Å². The average molecular weight is 214 g/mol. The monoisotopic (exact) mass is 214 g/mol. The quantitative estimate of drug-likeness (QED) is 0.776. The molecular weight excluding hydrogens is 190 g/mol. The third kappa shape index (κ3) is 7.69. The van der Waals surface area contributed by atoms with Crippen LogP contribution in [0.1, 0.15) is 44.9 Å². The number of hydrogen-bond acceptors (Lipinski definition) is 2. The molecule has 0 aromatic rings. The largest absolute Gasteiger partial charge is 0.330 e. The van der Waals surface area contributed by atoms with Crippen LogP contribution >= 0.6 is 11.8 Å². The fraction of sp³-hybridized carbons (Fsp3) is 0.750. The van der Waals surface area contributed by atoms with E-state index in [0.29, 0.717) is 0 Å². The van der Waals surface area contributed by atoms with Crippen molar-refractivity contribution < 1.29 is 0 Å².